The van der Waals surface area contributed by atoms with E-state index in [-0.39, 0.29) is 0 Å². The van der Waals surface area contributed by atoms with Crippen LogP contribution in [0, 0.1) is 0 Å². The molecule has 0 unspecified atom stereocenters. The Labute approximate surface area is 92.6 Å². The van der Waals surface area contributed by atoms with Gasteiger partial charge < -0.3 is 4.74 Å². The molecule has 0 saturated heterocycles. The Balaban J connectivity index is 2.08. The minimum absolute atomic E-state index is 0.755. The number of halogens is 1. The minimum Gasteiger partial charge on any atom is -0.382 e. The highest BCUT2D eigenvalue weighted by molar-refractivity contribution is 6.18. The molecule has 1 aliphatic carbocycles. The number of alkyl halides is 1. The van der Waals surface area contributed by atoms with E-state index in [9.17, 15) is 0 Å². The van der Waals surface area contributed by atoms with Crippen LogP contribution in [-0.4, -0.2) is 43.1 Å². The summed E-state index contributed by atoms with van der Waals surface area (Å²) in [4.78, 5) is 2.52. The maximum atomic E-state index is 5.79. The quantitative estimate of drug-likeness (QED) is 0.460. The van der Waals surface area contributed by atoms with Crippen molar-refractivity contribution < 1.29 is 4.74 Å². The van der Waals surface area contributed by atoms with E-state index < -0.39 is 0 Å². The lowest BCUT2D eigenvalue weighted by atomic mass is 9.91. The van der Waals surface area contributed by atoms with Gasteiger partial charge in [0.25, 0.3) is 0 Å². The maximum absolute atomic E-state index is 5.79. The van der Waals surface area contributed by atoms with Crippen LogP contribution in [0.25, 0.3) is 0 Å². The summed E-state index contributed by atoms with van der Waals surface area (Å²) in [7, 11) is 0. The van der Waals surface area contributed by atoms with Crippen LogP contribution in [0.1, 0.15) is 32.6 Å². The SMILES string of the molecule is CCOCCCN(CCCl)C1CCC1. The van der Waals surface area contributed by atoms with Gasteiger partial charge in [-0.3, -0.25) is 4.90 Å². The van der Waals surface area contributed by atoms with Crippen molar-refractivity contribution in [3.63, 3.8) is 0 Å². The van der Waals surface area contributed by atoms with E-state index in [0.717, 1.165) is 44.6 Å². The van der Waals surface area contributed by atoms with Crippen molar-refractivity contribution in [2.75, 3.05) is 32.2 Å². The molecule has 0 aliphatic heterocycles. The molecule has 0 atom stereocenters. The lowest BCUT2D eigenvalue weighted by Crippen LogP contribution is -2.42. The molecular formula is C11H22ClNO. The molecule has 3 heteroatoms. The summed E-state index contributed by atoms with van der Waals surface area (Å²) in [6, 6.07) is 0.815. The number of ether oxygens (including phenoxy) is 1. The predicted octanol–water partition coefficient (Wildman–Crippen LogP) is 2.51. The van der Waals surface area contributed by atoms with E-state index in [1.54, 1.807) is 0 Å². The monoisotopic (exact) mass is 219 g/mol. The van der Waals surface area contributed by atoms with Crippen LogP contribution in [-0.2, 0) is 4.74 Å². The Hall–Kier alpha value is 0.210. The third-order valence-electron chi connectivity index (χ3n) is 2.90. The molecule has 1 saturated carbocycles. The van der Waals surface area contributed by atoms with Crippen molar-refractivity contribution in [1.82, 2.24) is 4.90 Å². The fraction of sp³-hybridized carbons (Fsp3) is 1.00. The van der Waals surface area contributed by atoms with Gasteiger partial charge in [0, 0.05) is 38.2 Å². The highest BCUT2D eigenvalue weighted by Gasteiger charge is 2.23. The first kappa shape index (κ1) is 12.3. The predicted molar refractivity (Wildman–Crippen MR) is 61.0 cm³/mol. The second-order valence-electron chi connectivity index (χ2n) is 3.86. The summed E-state index contributed by atoms with van der Waals surface area (Å²) in [5, 5.41) is 0. The van der Waals surface area contributed by atoms with Crippen LogP contribution in [0.3, 0.4) is 0 Å². The van der Waals surface area contributed by atoms with Crippen LogP contribution in [0.5, 0.6) is 0 Å². The van der Waals surface area contributed by atoms with Gasteiger partial charge in [-0.1, -0.05) is 6.42 Å². The molecule has 0 bridgehead atoms. The normalized spacial score (nSPS) is 17.4. The van der Waals surface area contributed by atoms with E-state index in [1.165, 1.54) is 19.3 Å². The summed E-state index contributed by atoms with van der Waals surface area (Å²) in [6.45, 7) is 5.96. The van der Waals surface area contributed by atoms with Gasteiger partial charge >= 0.3 is 0 Å². The Morgan fingerprint density at radius 1 is 1.36 bits per heavy atom. The lowest BCUT2D eigenvalue weighted by Gasteiger charge is -2.37. The van der Waals surface area contributed by atoms with E-state index in [1.807, 2.05) is 6.92 Å². The van der Waals surface area contributed by atoms with Crippen LogP contribution < -0.4 is 0 Å². The standard InChI is InChI=1S/C11H22ClNO/c1-2-14-10-4-8-13(9-7-12)11-5-3-6-11/h11H,2-10H2,1H3. The van der Waals surface area contributed by atoms with Gasteiger partial charge in [-0.05, 0) is 26.2 Å². The second-order valence-corrected chi connectivity index (χ2v) is 4.24. The average Bonchev–Trinajstić information content (AvgIpc) is 2.10. The zero-order chi connectivity index (χ0) is 10.2. The van der Waals surface area contributed by atoms with E-state index in [0.29, 0.717) is 0 Å². The zero-order valence-corrected chi connectivity index (χ0v) is 9.93. The molecule has 0 spiro atoms. The first-order chi connectivity index (χ1) is 6.88. The lowest BCUT2D eigenvalue weighted by molar-refractivity contribution is 0.100. The number of hydrogen-bond acceptors (Lipinski definition) is 2. The molecular weight excluding hydrogens is 198 g/mol. The van der Waals surface area contributed by atoms with Gasteiger partial charge in [0.1, 0.15) is 0 Å². The van der Waals surface area contributed by atoms with Gasteiger partial charge in [-0.15, -0.1) is 11.6 Å². The first-order valence-corrected chi connectivity index (χ1v) is 6.29. The van der Waals surface area contributed by atoms with Crippen LogP contribution >= 0.6 is 11.6 Å². The van der Waals surface area contributed by atoms with Gasteiger partial charge in [0.05, 0.1) is 0 Å². The highest BCUT2D eigenvalue weighted by atomic mass is 35.5. The van der Waals surface area contributed by atoms with E-state index in [4.69, 9.17) is 16.3 Å². The Kier molecular flexibility index (Phi) is 6.57. The Morgan fingerprint density at radius 2 is 2.14 bits per heavy atom. The molecule has 14 heavy (non-hydrogen) atoms. The second kappa shape index (κ2) is 7.49. The summed E-state index contributed by atoms with van der Waals surface area (Å²) < 4.78 is 5.33. The van der Waals surface area contributed by atoms with Crippen molar-refractivity contribution in [3.05, 3.63) is 0 Å². The molecule has 2 nitrogen and oxygen atoms in total. The summed E-state index contributed by atoms with van der Waals surface area (Å²) >= 11 is 5.79. The van der Waals surface area contributed by atoms with E-state index >= 15 is 0 Å². The Bertz CT molecular complexity index is 139. The van der Waals surface area contributed by atoms with Gasteiger partial charge in [0.15, 0.2) is 0 Å². The highest BCUT2D eigenvalue weighted by Crippen LogP contribution is 2.24. The van der Waals surface area contributed by atoms with Gasteiger partial charge in [-0.2, -0.15) is 0 Å². The van der Waals surface area contributed by atoms with Gasteiger partial charge in [-0.25, -0.2) is 0 Å². The third-order valence-corrected chi connectivity index (χ3v) is 3.07. The number of rotatable bonds is 8. The molecule has 0 amide bonds. The average molecular weight is 220 g/mol. The fourth-order valence-corrected chi connectivity index (χ4v) is 2.07. The first-order valence-electron chi connectivity index (χ1n) is 5.76. The summed E-state index contributed by atoms with van der Waals surface area (Å²) in [5.74, 6) is 0.755. The zero-order valence-electron chi connectivity index (χ0n) is 9.17. The maximum Gasteiger partial charge on any atom is 0.0478 e. The molecule has 0 aromatic rings. The molecule has 0 aromatic carbocycles. The van der Waals surface area contributed by atoms with Crippen LogP contribution in [0.4, 0.5) is 0 Å². The number of nitrogens with zero attached hydrogens (tertiary/aromatic N) is 1. The van der Waals surface area contributed by atoms with Crippen molar-refractivity contribution in [2.45, 2.75) is 38.6 Å². The van der Waals surface area contributed by atoms with Crippen LogP contribution in [0.2, 0.25) is 0 Å². The van der Waals surface area contributed by atoms with Gasteiger partial charge in [0.2, 0.25) is 0 Å². The largest absolute Gasteiger partial charge is 0.382 e. The number of hydrogen-bond donors (Lipinski definition) is 0. The summed E-state index contributed by atoms with van der Waals surface area (Å²) in [5.41, 5.74) is 0. The summed E-state index contributed by atoms with van der Waals surface area (Å²) in [6.07, 6.45) is 5.27. The smallest absolute Gasteiger partial charge is 0.0478 e. The topological polar surface area (TPSA) is 12.5 Å². The van der Waals surface area contributed by atoms with Crippen LogP contribution in [0.15, 0.2) is 0 Å². The third kappa shape index (κ3) is 4.16. The molecule has 0 radical (unpaired) electrons. The Morgan fingerprint density at radius 3 is 2.64 bits per heavy atom. The fourth-order valence-electron chi connectivity index (χ4n) is 1.85. The molecule has 1 rings (SSSR count). The molecule has 1 fully saturated rings. The van der Waals surface area contributed by atoms with Crippen molar-refractivity contribution >= 4 is 11.6 Å². The molecule has 0 N–H and O–H groups in total. The molecule has 84 valence electrons. The molecule has 1 aliphatic rings. The van der Waals surface area contributed by atoms with Crippen molar-refractivity contribution in [3.8, 4) is 0 Å². The van der Waals surface area contributed by atoms with E-state index in [2.05, 4.69) is 4.90 Å². The molecule has 0 heterocycles. The molecule has 0 aromatic heterocycles. The van der Waals surface area contributed by atoms with Crippen molar-refractivity contribution in [2.24, 2.45) is 0 Å². The van der Waals surface area contributed by atoms with Crippen molar-refractivity contribution in [1.29, 1.82) is 0 Å². The minimum atomic E-state index is 0.755.